The largest absolute Gasteiger partial charge is 0.494 e. The molecule has 1 saturated carbocycles. The third-order valence-electron chi connectivity index (χ3n) is 3.48. The van der Waals surface area contributed by atoms with Gasteiger partial charge in [-0.15, -0.1) is 0 Å². The van der Waals surface area contributed by atoms with Crippen LogP contribution in [0.1, 0.15) is 43.9 Å². The first-order chi connectivity index (χ1) is 10.1. The quantitative estimate of drug-likeness (QED) is 0.839. The van der Waals surface area contributed by atoms with E-state index in [-0.39, 0.29) is 12.1 Å². The van der Waals surface area contributed by atoms with E-state index in [2.05, 4.69) is 16.7 Å². The highest BCUT2D eigenvalue weighted by molar-refractivity contribution is 5.75. The summed E-state index contributed by atoms with van der Waals surface area (Å²) < 4.78 is 5.63. The van der Waals surface area contributed by atoms with Crippen molar-refractivity contribution in [3.63, 3.8) is 0 Å². The maximum absolute atomic E-state index is 11.9. The van der Waals surface area contributed by atoms with Crippen LogP contribution in [0.25, 0.3) is 0 Å². The maximum atomic E-state index is 11.9. The molecule has 114 valence electrons. The van der Waals surface area contributed by atoms with Crippen molar-refractivity contribution in [2.45, 2.75) is 39.7 Å². The van der Waals surface area contributed by atoms with Crippen LogP contribution in [0.4, 0.5) is 4.79 Å². The molecule has 1 aromatic rings. The number of ether oxygens (including phenoxy) is 1. The van der Waals surface area contributed by atoms with Crippen LogP contribution in [0.2, 0.25) is 0 Å². The number of urea groups is 1. The minimum atomic E-state index is -0.191. The first-order valence-electron chi connectivity index (χ1n) is 7.57. The van der Waals surface area contributed by atoms with Crippen molar-refractivity contribution in [3.05, 3.63) is 41.6 Å². The van der Waals surface area contributed by atoms with Crippen molar-refractivity contribution < 1.29 is 9.53 Å². The van der Waals surface area contributed by atoms with Crippen molar-refractivity contribution in [2.75, 3.05) is 6.61 Å². The normalized spacial score (nSPS) is 15.8. The minimum Gasteiger partial charge on any atom is -0.494 e. The maximum Gasteiger partial charge on any atom is 0.319 e. The smallest absolute Gasteiger partial charge is 0.319 e. The van der Waals surface area contributed by atoms with Gasteiger partial charge in [0.1, 0.15) is 5.75 Å². The summed E-state index contributed by atoms with van der Waals surface area (Å²) in [5.74, 6) is 1.48. The van der Waals surface area contributed by atoms with E-state index >= 15 is 0 Å². The number of hydrogen-bond donors (Lipinski definition) is 2. The van der Waals surface area contributed by atoms with Crippen LogP contribution in [0, 0.1) is 12.8 Å². The summed E-state index contributed by atoms with van der Waals surface area (Å²) in [6, 6.07) is 5.72. The van der Waals surface area contributed by atoms with Crippen LogP contribution in [-0.4, -0.2) is 12.6 Å². The number of hydrogen-bond acceptors (Lipinski definition) is 2. The molecule has 1 aliphatic rings. The van der Waals surface area contributed by atoms with Gasteiger partial charge in [-0.05, 0) is 45.6 Å². The number of allylic oxidation sites excluding steroid dienone is 1. The summed E-state index contributed by atoms with van der Waals surface area (Å²) >= 11 is 0. The van der Waals surface area contributed by atoms with Crippen LogP contribution < -0.4 is 15.4 Å². The second kappa shape index (κ2) is 7.16. The van der Waals surface area contributed by atoms with Crippen LogP contribution in [-0.2, 0) is 0 Å². The zero-order chi connectivity index (χ0) is 15.2. The van der Waals surface area contributed by atoms with Gasteiger partial charge in [0.05, 0.1) is 12.6 Å². The highest BCUT2D eigenvalue weighted by atomic mass is 16.5. The second-order valence-corrected chi connectivity index (χ2v) is 5.51. The molecule has 0 aromatic heterocycles. The first kappa shape index (κ1) is 15.4. The zero-order valence-corrected chi connectivity index (χ0v) is 13.0. The van der Waals surface area contributed by atoms with Gasteiger partial charge in [-0.2, -0.15) is 0 Å². The number of amides is 2. The van der Waals surface area contributed by atoms with E-state index in [1.807, 2.05) is 39.0 Å². The number of nitrogens with one attached hydrogen (secondary N) is 2. The number of carbonyl (C=O) groups is 1. The lowest BCUT2D eigenvalue weighted by atomic mass is 10.0. The number of rotatable bonds is 6. The highest BCUT2D eigenvalue weighted by Gasteiger charge is 2.17. The summed E-state index contributed by atoms with van der Waals surface area (Å²) in [7, 11) is 0. The van der Waals surface area contributed by atoms with Gasteiger partial charge in [0.25, 0.3) is 0 Å². The molecule has 0 radical (unpaired) electrons. The molecular formula is C17H24N2O2. The molecule has 21 heavy (non-hydrogen) atoms. The molecule has 1 fully saturated rings. The zero-order valence-electron chi connectivity index (χ0n) is 13.0. The number of aryl methyl sites for hydroxylation is 1. The van der Waals surface area contributed by atoms with Gasteiger partial charge in [-0.1, -0.05) is 23.8 Å². The van der Waals surface area contributed by atoms with E-state index in [1.54, 1.807) is 6.20 Å². The molecule has 1 aromatic carbocycles. The second-order valence-electron chi connectivity index (χ2n) is 5.51. The van der Waals surface area contributed by atoms with Crippen LogP contribution in [0.5, 0.6) is 5.75 Å². The van der Waals surface area contributed by atoms with E-state index in [9.17, 15) is 4.79 Å². The Hall–Kier alpha value is -1.97. The lowest BCUT2D eigenvalue weighted by Gasteiger charge is -2.18. The minimum absolute atomic E-state index is 0.110. The van der Waals surface area contributed by atoms with Gasteiger partial charge < -0.3 is 15.4 Å². The van der Waals surface area contributed by atoms with Gasteiger partial charge in [0.15, 0.2) is 0 Å². The Kier molecular flexibility index (Phi) is 5.26. The Morgan fingerprint density at radius 1 is 1.48 bits per heavy atom. The van der Waals surface area contributed by atoms with Crippen LogP contribution >= 0.6 is 0 Å². The first-order valence-corrected chi connectivity index (χ1v) is 7.57. The monoisotopic (exact) mass is 288 g/mol. The van der Waals surface area contributed by atoms with Gasteiger partial charge in [-0.3, -0.25) is 0 Å². The Labute approximate surface area is 126 Å². The van der Waals surface area contributed by atoms with Crippen molar-refractivity contribution in [3.8, 4) is 5.75 Å². The van der Waals surface area contributed by atoms with Crippen molar-refractivity contribution in [1.29, 1.82) is 0 Å². The number of carbonyl (C=O) groups excluding carboxylic acids is 1. The van der Waals surface area contributed by atoms with E-state index in [0.717, 1.165) is 16.9 Å². The molecule has 0 heterocycles. The molecule has 2 amide bonds. The van der Waals surface area contributed by atoms with Gasteiger partial charge >= 0.3 is 6.03 Å². The average Bonchev–Trinajstić information content (AvgIpc) is 3.25. The molecule has 0 bridgehead atoms. The van der Waals surface area contributed by atoms with E-state index in [0.29, 0.717) is 12.5 Å². The lowest BCUT2D eigenvalue weighted by molar-refractivity contribution is 0.240. The van der Waals surface area contributed by atoms with Crippen molar-refractivity contribution in [2.24, 2.45) is 5.92 Å². The predicted octanol–water partition coefficient (Wildman–Crippen LogP) is 3.68. The van der Waals surface area contributed by atoms with E-state index in [1.165, 1.54) is 12.8 Å². The summed E-state index contributed by atoms with van der Waals surface area (Å²) in [5, 5.41) is 5.68. The fraction of sp³-hybridized carbons (Fsp3) is 0.471. The summed E-state index contributed by atoms with van der Waals surface area (Å²) in [6.07, 6.45) is 6.25. The molecule has 4 nitrogen and oxygen atoms in total. The standard InChI is InChI=1S/C17H24N2O2/c1-4-21-16-8-5-12(2)11-15(16)13(3)19-17(20)18-10-9-14-6-7-14/h5,8-11,13-14H,4,6-7H2,1-3H3,(H2,18,19,20)/b10-9+. The van der Waals surface area contributed by atoms with Gasteiger partial charge in [-0.25, -0.2) is 4.79 Å². The molecule has 0 aliphatic heterocycles. The third-order valence-corrected chi connectivity index (χ3v) is 3.48. The molecule has 1 atom stereocenters. The Balaban J connectivity index is 1.96. The molecule has 0 saturated heterocycles. The Bertz CT molecular complexity index is 522. The third kappa shape index (κ3) is 4.81. The SMILES string of the molecule is CCOc1ccc(C)cc1C(C)NC(=O)N/C=C/C1CC1. The molecule has 1 aliphatic carbocycles. The van der Waals surface area contributed by atoms with Gasteiger partial charge in [0.2, 0.25) is 0 Å². The molecule has 2 N–H and O–H groups in total. The van der Waals surface area contributed by atoms with Crippen LogP contribution in [0.15, 0.2) is 30.5 Å². The molecular weight excluding hydrogens is 264 g/mol. The van der Waals surface area contributed by atoms with Crippen molar-refractivity contribution in [1.82, 2.24) is 10.6 Å². The van der Waals surface area contributed by atoms with Gasteiger partial charge in [0, 0.05) is 11.8 Å². The molecule has 0 spiro atoms. The van der Waals surface area contributed by atoms with E-state index < -0.39 is 0 Å². The molecule has 1 unspecified atom stereocenters. The average molecular weight is 288 g/mol. The highest BCUT2D eigenvalue weighted by Crippen LogP contribution is 2.29. The lowest BCUT2D eigenvalue weighted by Crippen LogP contribution is -2.34. The predicted molar refractivity (Wildman–Crippen MR) is 84.3 cm³/mol. The Morgan fingerprint density at radius 2 is 2.24 bits per heavy atom. The van der Waals surface area contributed by atoms with E-state index in [4.69, 9.17) is 4.74 Å². The summed E-state index contributed by atoms with van der Waals surface area (Å²) in [5.41, 5.74) is 2.15. The summed E-state index contributed by atoms with van der Waals surface area (Å²) in [4.78, 5) is 11.9. The Morgan fingerprint density at radius 3 is 2.90 bits per heavy atom. The molecule has 2 rings (SSSR count). The molecule has 4 heteroatoms. The fourth-order valence-electron chi connectivity index (χ4n) is 2.16. The topological polar surface area (TPSA) is 50.4 Å². The summed E-state index contributed by atoms with van der Waals surface area (Å²) in [6.45, 7) is 6.56. The van der Waals surface area contributed by atoms with Crippen LogP contribution in [0.3, 0.4) is 0 Å². The van der Waals surface area contributed by atoms with Crippen molar-refractivity contribution >= 4 is 6.03 Å². The number of benzene rings is 1. The fourth-order valence-corrected chi connectivity index (χ4v) is 2.16.